The molecule has 22 heavy (non-hydrogen) atoms. The number of hydrogen-bond donors (Lipinski definition) is 2. The molecule has 0 atom stereocenters. The zero-order valence-electron chi connectivity index (χ0n) is 13.5. The summed E-state index contributed by atoms with van der Waals surface area (Å²) in [7, 11) is 0. The Morgan fingerprint density at radius 3 is 2.27 bits per heavy atom. The molecule has 0 saturated carbocycles. The highest BCUT2D eigenvalue weighted by molar-refractivity contribution is 6.02. The van der Waals surface area contributed by atoms with E-state index < -0.39 is 0 Å². The van der Waals surface area contributed by atoms with Gasteiger partial charge in [-0.3, -0.25) is 0 Å². The number of aryl methyl sites for hydroxylation is 4. The first-order valence-corrected chi connectivity index (χ1v) is 7.46. The lowest BCUT2D eigenvalue weighted by Crippen LogP contribution is -2.01. The molecule has 0 amide bonds. The van der Waals surface area contributed by atoms with Crippen LogP contribution in [0.4, 0.5) is 17.2 Å². The number of rotatable bonds is 2. The van der Waals surface area contributed by atoms with Crippen molar-refractivity contribution in [1.82, 2.24) is 4.98 Å². The van der Waals surface area contributed by atoms with Gasteiger partial charge in [-0.1, -0.05) is 23.8 Å². The fourth-order valence-electron chi connectivity index (χ4n) is 3.08. The Kier molecular flexibility index (Phi) is 3.49. The standard InChI is InChI=1S/C19H21N3/c1-11-9-13(3)18(14(4)10-11)22-19-17-12(2)5-6-16(20)15(17)7-8-21-19/h5-10H,20H2,1-4H3,(H,21,22). The first-order valence-electron chi connectivity index (χ1n) is 7.46. The van der Waals surface area contributed by atoms with Crippen LogP contribution in [0, 0.1) is 27.7 Å². The summed E-state index contributed by atoms with van der Waals surface area (Å²) in [4.78, 5) is 4.54. The van der Waals surface area contributed by atoms with Crippen LogP contribution in [0.5, 0.6) is 0 Å². The second-order valence-electron chi connectivity index (χ2n) is 5.95. The summed E-state index contributed by atoms with van der Waals surface area (Å²) in [5, 5.41) is 5.64. The lowest BCUT2D eigenvalue weighted by molar-refractivity contribution is 1.27. The second-order valence-corrected chi connectivity index (χ2v) is 5.95. The highest BCUT2D eigenvalue weighted by atomic mass is 15.0. The van der Waals surface area contributed by atoms with Gasteiger partial charge in [-0.05, 0) is 56.5 Å². The molecule has 3 nitrogen and oxygen atoms in total. The Labute approximate surface area is 131 Å². The Bertz CT molecular complexity index is 843. The number of pyridine rings is 1. The van der Waals surface area contributed by atoms with E-state index in [9.17, 15) is 0 Å². The van der Waals surface area contributed by atoms with E-state index in [1.54, 1.807) is 6.20 Å². The van der Waals surface area contributed by atoms with Gasteiger partial charge < -0.3 is 11.1 Å². The van der Waals surface area contributed by atoms with Crippen molar-refractivity contribution in [2.75, 3.05) is 11.1 Å². The van der Waals surface area contributed by atoms with Crippen LogP contribution in [0.1, 0.15) is 22.3 Å². The van der Waals surface area contributed by atoms with Crippen LogP contribution in [-0.4, -0.2) is 4.98 Å². The van der Waals surface area contributed by atoms with Gasteiger partial charge in [0.1, 0.15) is 5.82 Å². The Balaban J connectivity index is 2.19. The van der Waals surface area contributed by atoms with Crippen molar-refractivity contribution < 1.29 is 0 Å². The van der Waals surface area contributed by atoms with Gasteiger partial charge in [0, 0.05) is 28.3 Å². The predicted octanol–water partition coefficient (Wildman–Crippen LogP) is 4.79. The number of nitrogens with two attached hydrogens (primary N) is 1. The van der Waals surface area contributed by atoms with Gasteiger partial charge in [-0.25, -0.2) is 4.98 Å². The second kappa shape index (κ2) is 5.34. The van der Waals surface area contributed by atoms with Crippen LogP contribution in [-0.2, 0) is 0 Å². The van der Waals surface area contributed by atoms with E-state index >= 15 is 0 Å². The molecule has 0 aliphatic heterocycles. The topological polar surface area (TPSA) is 50.9 Å². The van der Waals surface area contributed by atoms with Crippen LogP contribution in [0.3, 0.4) is 0 Å². The van der Waals surface area contributed by atoms with Crippen molar-refractivity contribution in [1.29, 1.82) is 0 Å². The number of hydrogen-bond acceptors (Lipinski definition) is 3. The third-order valence-electron chi connectivity index (χ3n) is 4.09. The van der Waals surface area contributed by atoms with E-state index in [2.05, 4.69) is 50.1 Å². The van der Waals surface area contributed by atoms with E-state index in [4.69, 9.17) is 5.73 Å². The minimum atomic E-state index is 0.781. The summed E-state index contributed by atoms with van der Waals surface area (Å²) in [6.45, 7) is 8.44. The largest absolute Gasteiger partial charge is 0.398 e. The lowest BCUT2D eigenvalue weighted by atomic mass is 10.0. The SMILES string of the molecule is Cc1cc(C)c(Nc2nccc3c(N)ccc(C)c23)c(C)c1. The maximum atomic E-state index is 6.11. The van der Waals surface area contributed by atoms with Gasteiger partial charge in [-0.2, -0.15) is 0 Å². The van der Waals surface area contributed by atoms with Crippen molar-refractivity contribution in [3.05, 3.63) is 58.8 Å². The van der Waals surface area contributed by atoms with Gasteiger partial charge in [-0.15, -0.1) is 0 Å². The first-order chi connectivity index (χ1) is 10.5. The Morgan fingerprint density at radius 2 is 1.59 bits per heavy atom. The number of nitrogen functional groups attached to an aromatic ring is 1. The average molecular weight is 291 g/mol. The summed E-state index contributed by atoms with van der Waals surface area (Å²) in [5.41, 5.74) is 12.9. The van der Waals surface area contributed by atoms with E-state index in [0.717, 1.165) is 28.0 Å². The molecule has 1 aromatic heterocycles. The van der Waals surface area contributed by atoms with Crippen LogP contribution in [0.15, 0.2) is 36.5 Å². The monoisotopic (exact) mass is 291 g/mol. The highest BCUT2D eigenvalue weighted by Crippen LogP contribution is 2.32. The van der Waals surface area contributed by atoms with E-state index in [0.29, 0.717) is 0 Å². The molecule has 112 valence electrons. The summed E-state index contributed by atoms with van der Waals surface area (Å²) in [6.07, 6.45) is 1.80. The molecule has 3 rings (SSSR count). The number of anilines is 3. The maximum absolute atomic E-state index is 6.11. The average Bonchev–Trinajstić information content (AvgIpc) is 2.46. The molecule has 0 aliphatic rings. The molecular weight excluding hydrogens is 270 g/mol. The van der Waals surface area contributed by atoms with Crippen molar-refractivity contribution in [3.8, 4) is 0 Å². The van der Waals surface area contributed by atoms with Crippen LogP contribution in [0.2, 0.25) is 0 Å². The number of nitrogens with one attached hydrogen (secondary N) is 1. The third kappa shape index (κ3) is 2.39. The van der Waals surface area contributed by atoms with E-state index in [1.165, 1.54) is 22.3 Å². The van der Waals surface area contributed by atoms with Crippen molar-refractivity contribution in [3.63, 3.8) is 0 Å². The number of nitrogens with zero attached hydrogens (tertiary/aromatic N) is 1. The molecule has 3 aromatic rings. The molecule has 1 heterocycles. The fraction of sp³-hybridized carbons (Fsp3) is 0.211. The molecule has 0 aliphatic carbocycles. The normalized spacial score (nSPS) is 10.9. The molecule has 0 unspecified atom stereocenters. The molecule has 0 fully saturated rings. The summed E-state index contributed by atoms with van der Waals surface area (Å²) < 4.78 is 0. The zero-order valence-corrected chi connectivity index (χ0v) is 13.5. The maximum Gasteiger partial charge on any atom is 0.138 e. The molecule has 2 aromatic carbocycles. The molecule has 3 N–H and O–H groups in total. The van der Waals surface area contributed by atoms with Crippen LogP contribution < -0.4 is 11.1 Å². The molecule has 0 saturated heterocycles. The van der Waals surface area contributed by atoms with Gasteiger partial charge in [0.25, 0.3) is 0 Å². The Hall–Kier alpha value is -2.55. The Morgan fingerprint density at radius 1 is 0.909 bits per heavy atom. The molecular formula is C19H21N3. The number of aromatic nitrogens is 1. The molecule has 0 bridgehead atoms. The summed E-state index contributed by atoms with van der Waals surface area (Å²) in [6, 6.07) is 10.3. The minimum Gasteiger partial charge on any atom is -0.398 e. The first kappa shape index (κ1) is 14.4. The van der Waals surface area contributed by atoms with Crippen molar-refractivity contribution in [2.45, 2.75) is 27.7 Å². The van der Waals surface area contributed by atoms with E-state index in [1.807, 2.05) is 18.2 Å². The molecule has 0 radical (unpaired) electrons. The smallest absolute Gasteiger partial charge is 0.138 e. The zero-order chi connectivity index (χ0) is 15.9. The number of benzene rings is 2. The van der Waals surface area contributed by atoms with Crippen molar-refractivity contribution in [2.24, 2.45) is 0 Å². The van der Waals surface area contributed by atoms with Gasteiger partial charge in [0.05, 0.1) is 0 Å². The van der Waals surface area contributed by atoms with Gasteiger partial charge in [0.2, 0.25) is 0 Å². The lowest BCUT2D eigenvalue weighted by Gasteiger charge is -2.16. The van der Waals surface area contributed by atoms with Crippen LogP contribution in [0.25, 0.3) is 10.8 Å². The summed E-state index contributed by atoms with van der Waals surface area (Å²) >= 11 is 0. The minimum absolute atomic E-state index is 0.781. The fourth-order valence-corrected chi connectivity index (χ4v) is 3.08. The molecule has 0 spiro atoms. The van der Waals surface area contributed by atoms with E-state index in [-0.39, 0.29) is 0 Å². The quantitative estimate of drug-likeness (QED) is 0.667. The summed E-state index contributed by atoms with van der Waals surface area (Å²) in [5.74, 6) is 0.859. The van der Waals surface area contributed by atoms with Crippen LogP contribution >= 0.6 is 0 Å². The molecule has 3 heteroatoms. The third-order valence-corrected chi connectivity index (χ3v) is 4.09. The number of fused-ring (bicyclic) bond motifs is 1. The highest BCUT2D eigenvalue weighted by Gasteiger charge is 2.10. The predicted molar refractivity (Wildman–Crippen MR) is 94.8 cm³/mol. The van der Waals surface area contributed by atoms with Gasteiger partial charge in [0.15, 0.2) is 0 Å². The van der Waals surface area contributed by atoms with Crippen molar-refractivity contribution >= 4 is 28.0 Å². The van der Waals surface area contributed by atoms with Gasteiger partial charge >= 0.3 is 0 Å².